The minimum atomic E-state index is -0.303. The molecule has 23 heavy (non-hydrogen) atoms. The molecule has 3 rings (SSSR count). The maximum Gasteiger partial charge on any atom is 0.275 e. The molecule has 116 valence electrons. The Hall–Kier alpha value is -2.57. The van der Waals surface area contributed by atoms with E-state index in [0.717, 1.165) is 10.6 Å². The lowest BCUT2D eigenvalue weighted by Gasteiger charge is -2.07. The van der Waals surface area contributed by atoms with Crippen molar-refractivity contribution in [2.24, 2.45) is 0 Å². The van der Waals surface area contributed by atoms with Gasteiger partial charge < -0.3 is 10.4 Å². The van der Waals surface area contributed by atoms with E-state index in [4.69, 9.17) is 0 Å². The fourth-order valence-electron chi connectivity index (χ4n) is 2.13. The fraction of sp³-hybridized carbons (Fsp3) is 0.118. The van der Waals surface area contributed by atoms with Crippen LogP contribution < -0.4 is 5.32 Å². The van der Waals surface area contributed by atoms with Crippen LogP contribution in [0.5, 0.6) is 0 Å². The molecule has 0 aliphatic heterocycles. The van der Waals surface area contributed by atoms with E-state index in [-0.39, 0.29) is 12.5 Å². The zero-order chi connectivity index (χ0) is 16.1. The van der Waals surface area contributed by atoms with Crippen LogP contribution >= 0.6 is 11.3 Å². The number of aliphatic hydroxyl groups is 1. The smallest absolute Gasteiger partial charge is 0.275 e. The van der Waals surface area contributed by atoms with E-state index in [9.17, 15) is 9.90 Å². The van der Waals surface area contributed by atoms with Gasteiger partial charge >= 0.3 is 0 Å². The van der Waals surface area contributed by atoms with Crippen LogP contribution in [0, 0.1) is 0 Å². The normalized spacial score (nSPS) is 10.5. The second-order valence-electron chi connectivity index (χ2n) is 4.93. The second-order valence-corrected chi connectivity index (χ2v) is 5.88. The second kappa shape index (κ2) is 7.13. The van der Waals surface area contributed by atoms with Crippen LogP contribution in [0.4, 0.5) is 5.69 Å². The molecule has 0 radical (unpaired) electrons. The molecule has 0 atom stereocenters. The Morgan fingerprint density at radius 3 is 2.83 bits per heavy atom. The summed E-state index contributed by atoms with van der Waals surface area (Å²) in [5, 5.41) is 14.6. The molecule has 6 heteroatoms. The van der Waals surface area contributed by atoms with Crippen molar-refractivity contribution in [2.45, 2.75) is 13.0 Å². The molecule has 2 heterocycles. The number of hydrogen-bond donors (Lipinski definition) is 2. The topological polar surface area (TPSA) is 75.1 Å². The van der Waals surface area contributed by atoms with Crippen molar-refractivity contribution in [1.29, 1.82) is 0 Å². The number of nitrogens with zero attached hydrogens (tertiary/aromatic N) is 2. The Morgan fingerprint density at radius 2 is 2.04 bits per heavy atom. The lowest BCUT2D eigenvalue weighted by atomic mass is 10.2. The molecule has 0 aliphatic rings. The molecular formula is C17H15N3O2S. The quantitative estimate of drug-likeness (QED) is 0.756. The fourth-order valence-corrected chi connectivity index (χ4v) is 2.94. The molecule has 0 bridgehead atoms. The average Bonchev–Trinajstić information content (AvgIpc) is 3.05. The number of nitrogens with one attached hydrogen (secondary N) is 1. The molecule has 2 aromatic heterocycles. The maximum absolute atomic E-state index is 12.3. The average molecular weight is 325 g/mol. The van der Waals surface area contributed by atoms with Gasteiger partial charge in [-0.25, -0.2) is 4.98 Å². The number of anilines is 1. The molecule has 0 aliphatic carbocycles. The number of pyridine rings is 1. The summed E-state index contributed by atoms with van der Waals surface area (Å²) >= 11 is 1.46. The Balaban J connectivity index is 1.71. The highest BCUT2D eigenvalue weighted by atomic mass is 32.1. The molecule has 1 aromatic carbocycles. The lowest BCUT2D eigenvalue weighted by molar-refractivity contribution is 0.102. The van der Waals surface area contributed by atoms with Crippen LogP contribution in [0.1, 0.15) is 26.6 Å². The van der Waals surface area contributed by atoms with Gasteiger partial charge in [0.2, 0.25) is 0 Å². The number of carbonyl (C=O) groups excluding carboxylic acids is 1. The van der Waals surface area contributed by atoms with Gasteiger partial charge in [0, 0.05) is 23.6 Å². The van der Waals surface area contributed by atoms with Gasteiger partial charge in [0.25, 0.3) is 5.91 Å². The van der Waals surface area contributed by atoms with Gasteiger partial charge in [0.1, 0.15) is 5.69 Å². The zero-order valence-electron chi connectivity index (χ0n) is 12.3. The first kappa shape index (κ1) is 15.3. The van der Waals surface area contributed by atoms with Crippen molar-refractivity contribution in [1.82, 2.24) is 9.97 Å². The van der Waals surface area contributed by atoms with Gasteiger partial charge in [0.15, 0.2) is 0 Å². The molecule has 2 N–H and O–H groups in total. The largest absolute Gasteiger partial charge is 0.392 e. The van der Waals surface area contributed by atoms with Crippen molar-refractivity contribution in [2.75, 3.05) is 5.32 Å². The van der Waals surface area contributed by atoms with Gasteiger partial charge in [-0.1, -0.05) is 30.3 Å². The summed E-state index contributed by atoms with van der Waals surface area (Å²) in [5.41, 5.74) is 2.64. The third-order valence-corrected chi connectivity index (χ3v) is 4.16. The summed E-state index contributed by atoms with van der Waals surface area (Å²) in [6, 6.07) is 11.7. The monoisotopic (exact) mass is 325 g/mol. The summed E-state index contributed by atoms with van der Waals surface area (Å²) in [5.74, 6) is -0.303. The molecule has 0 fully saturated rings. The van der Waals surface area contributed by atoms with Gasteiger partial charge in [-0.15, -0.1) is 11.3 Å². The van der Waals surface area contributed by atoms with Crippen LogP contribution in [0.3, 0.4) is 0 Å². The molecule has 0 unspecified atom stereocenters. The van der Waals surface area contributed by atoms with Crippen molar-refractivity contribution >= 4 is 22.9 Å². The number of aromatic nitrogens is 2. The predicted molar refractivity (Wildman–Crippen MR) is 89.5 cm³/mol. The molecular weight excluding hydrogens is 310 g/mol. The molecule has 0 saturated carbocycles. The summed E-state index contributed by atoms with van der Waals surface area (Å²) in [7, 11) is 0. The molecule has 0 saturated heterocycles. The minimum Gasteiger partial charge on any atom is -0.392 e. The van der Waals surface area contributed by atoms with Crippen LogP contribution in [0.15, 0.2) is 54.2 Å². The minimum absolute atomic E-state index is 0.158. The van der Waals surface area contributed by atoms with Crippen molar-refractivity contribution in [3.8, 4) is 0 Å². The van der Waals surface area contributed by atoms with E-state index in [1.54, 1.807) is 17.6 Å². The summed E-state index contributed by atoms with van der Waals surface area (Å²) in [4.78, 5) is 20.6. The molecule has 1 amide bonds. The van der Waals surface area contributed by atoms with Crippen molar-refractivity contribution < 1.29 is 9.90 Å². The molecule has 3 aromatic rings. The number of thiazole rings is 1. The van der Waals surface area contributed by atoms with E-state index in [1.165, 1.54) is 17.5 Å². The highest BCUT2D eigenvalue weighted by molar-refractivity contribution is 7.09. The van der Waals surface area contributed by atoms with Crippen LogP contribution in [0.25, 0.3) is 0 Å². The zero-order valence-corrected chi connectivity index (χ0v) is 13.1. The van der Waals surface area contributed by atoms with Gasteiger partial charge in [-0.05, 0) is 11.6 Å². The van der Waals surface area contributed by atoms with E-state index in [2.05, 4.69) is 15.3 Å². The summed E-state index contributed by atoms with van der Waals surface area (Å²) in [6.07, 6.45) is 3.79. The first-order chi connectivity index (χ1) is 11.3. The van der Waals surface area contributed by atoms with E-state index < -0.39 is 0 Å². The third kappa shape index (κ3) is 3.80. The summed E-state index contributed by atoms with van der Waals surface area (Å²) < 4.78 is 0. The Morgan fingerprint density at radius 1 is 1.22 bits per heavy atom. The van der Waals surface area contributed by atoms with E-state index in [0.29, 0.717) is 23.4 Å². The first-order valence-electron chi connectivity index (χ1n) is 7.09. The maximum atomic E-state index is 12.3. The van der Waals surface area contributed by atoms with Crippen molar-refractivity contribution in [3.63, 3.8) is 0 Å². The third-order valence-electron chi connectivity index (χ3n) is 3.31. The van der Waals surface area contributed by atoms with Gasteiger partial charge in [0.05, 0.1) is 23.5 Å². The Bertz CT molecular complexity index is 802. The van der Waals surface area contributed by atoms with Crippen molar-refractivity contribution in [3.05, 3.63) is 76.0 Å². The highest BCUT2D eigenvalue weighted by Gasteiger charge is 2.13. The molecule has 0 spiro atoms. The number of rotatable bonds is 5. The number of benzene rings is 1. The van der Waals surface area contributed by atoms with Gasteiger partial charge in [-0.2, -0.15) is 0 Å². The number of amides is 1. The first-order valence-corrected chi connectivity index (χ1v) is 7.97. The van der Waals surface area contributed by atoms with Gasteiger partial charge in [-0.3, -0.25) is 9.78 Å². The highest BCUT2D eigenvalue weighted by Crippen LogP contribution is 2.18. The van der Waals surface area contributed by atoms with Crippen LogP contribution in [-0.4, -0.2) is 21.0 Å². The van der Waals surface area contributed by atoms with E-state index >= 15 is 0 Å². The summed E-state index contributed by atoms with van der Waals surface area (Å²) in [6.45, 7) is -0.158. The SMILES string of the molecule is O=C(Nc1cnccc1CO)c1csc(Cc2ccccc2)n1. The Labute approximate surface area is 137 Å². The van der Waals surface area contributed by atoms with Crippen LogP contribution in [0.2, 0.25) is 0 Å². The molecule has 5 nitrogen and oxygen atoms in total. The van der Waals surface area contributed by atoms with E-state index in [1.807, 2.05) is 30.3 Å². The number of carbonyl (C=O) groups is 1. The van der Waals surface area contributed by atoms with Crippen LogP contribution in [-0.2, 0) is 13.0 Å². The lowest BCUT2D eigenvalue weighted by Crippen LogP contribution is -2.14. The number of aliphatic hydroxyl groups excluding tert-OH is 1. The Kier molecular flexibility index (Phi) is 4.75. The predicted octanol–water partition coefficient (Wildman–Crippen LogP) is 2.87. The number of hydrogen-bond acceptors (Lipinski definition) is 5. The standard InChI is InChI=1S/C17H15N3O2S/c21-10-13-6-7-18-9-14(13)20-17(22)15-11-23-16(19-15)8-12-4-2-1-3-5-12/h1-7,9,11,21H,8,10H2,(H,20,22).